The summed E-state index contributed by atoms with van der Waals surface area (Å²) in [7, 11) is 1.74. The zero-order chi connectivity index (χ0) is 28.8. The number of amides is 4. The van der Waals surface area contributed by atoms with Crippen LogP contribution in [0.25, 0.3) is 0 Å². The van der Waals surface area contributed by atoms with Gasteiger partial charge >= 0.3 is 0 Å². The van der Waals surface area contributed by atoms with Crippen LogP contribution in [0.5, 0.6) is 5.75 Å². The van der Waals surface area contributed by atoms with Gasteiger partial charge in [0.15, 0.2) is 6.61 Å². The quantitative estimate of drug-likeness (QED) is 0.462. The lowest BCUT2D eigenvalue weighted by atomic mass is 10.0. The molecule has 1 saturated heterocycles. The van der Waals surface area contributed by atoms with Crippen molar-refractivity contribution in [2.24, 2.45) is 5.92 Å². The molecular weight excluding hydrogens is 508 g/mol. The minimum Gasteiger partial charge on any atom is -0.483 e. The summed E-state index contributed by atoms with van der Waals surface area (Å²) in [6, 6.07) is 3.17. The maximum Gasteiger partial charge on any atom is 0.258 e. The van der Waals surface area contributed by atoms with Gasteiger partial charge < -0.3 is 25.2 Å². The van der Waals surface area contributed by atoms with Crippen molar-refractivity contribution in [3.8, 4) is 5.75 Å². The number of hydrogen-bond donors (Lipinski definition) is 2. The molecule has 1 aliphatic heterocycles. The van der Waals surface area contributed by atoms with Gasteiger partial charge in [0, 0.05) is 30.2 Å². The van der Waals surface area contributed by atoms with Crippen LogP contribution in [0.15, 0.2) is 18.2 Å². The van der Waals surface area contributed by atoms with Gasteiger partial charge in [0.05, 0.1) is 5.56 Å². The topological polar surface area (TPSA) is 108 Å². The van der Waals surface area contributed by atoms with Gasteiger partial charge in [-0.1, -0.05) is 25.4 Å². The first-order valence-electron chi connectivity index (χ1n) is 13.2. The van der Waals surface area contributed by atoms with Crippen molar-refractivity contribution < 1.29 is 23.9 Å². The normalized spacial score (nSPS) is 16.4. The molecule has 212 valence electrons. The standard InChI is InChI=1S/C28H43ClN4O5/c1-17(2)14-21(26(36)33-13-9-10-22(33)27(37)32(8)18(3)4)30-25(35)20-15-19(29)11-12-23(20)38-16-24(34)31-28(5,6)7/h11-12,15,17-18,21-22H,9-10,13-14,16H2,1-8H3,(H,30,35)(H,31,34). The van der Waals surface area contributed by atoms with Crippen LogP contribution in [0.2, 0.25) is 5.02 Å². The Labute approximate surface area is 231 Å². The number of hydrogen-bond acceptors (Lipinski definition) is 5. The third-order valence-electron chi connectivity index (χ3n) is 6.31. The second kappa shape index (κ2) is 13.3. The number of carbonyl (C=O) groups excluding carboxylic acids is 4. The number of likely N-dealkylation sites (N-methyl/N-ethyl adjacent to an activating group) is 1. The highest BCUT2D eigenvalue weighted by Gasteiger charge is 2.39. The van der Waals surface area contributed by atoms with E-state index in [0.29, 0.717) is 24.4 Å². The number of halogens is 1. The lowest BCUT2D eigenvalue weighted by Crippen LogP contribution is -2.54. The molecule has 0 bridgehead atoms. The van der Waals surface area contributed by atoms with E-state index < -0.39 is 23.5 Å². The zero-order valence-electron chi connectivity index (χ0n) is 23.9. The molecule has 0 radical (unpaired) electrons. The van der Waals surface area contributed by atoms with Crippen LogP contribution in [0.1, 0.15) is 78.1 Å². The van der Waals surface area contributed by atoms with Gasteiger partial charge in [-0.25, -0.2) is 0 Å². The second-order valence-corrected chi connectivity index (χ2v) is 12.1. The fraction of sp³-hybridized carbons (Fsp3) is 0.643. The van der Waals surface area contributed by atoms with Gasteiger partial charge in [-0.3, -0.25) is 19.2 Å². The summed E-state index contributed by atoms with van der Waals surface area (Å²) in [5.74, 6) is -0.967. The maximum absolute atomic E-state index is 13.7. The van der Waals surface area contributed by atoms with Crippen molar-refractivity contribution in [1.29, 1.82) is 0 Å². The summed E-state index contributed by atoms with van der Waals surface area (Å²) < 4.78 is 5.66. The van der Waals surface area contributed by atoms with Crippen molar-refractivity contribution in [3.63, 3.8) is 0 Å². The Balaban J connectivity index is 2.24. The molecule has 1 aliphatic rings. The van der Waals surface area contributed by atoms with Gasteiger partial charge in [0.25, 0.3) is 11.8 Å². The first-order valence-corrected chi connectivity index (χ1v) is 13.6. The Kier molecular flexibility index (Phi) is 11.0. The van der Waals surface area contributed by atoms with Crippen LogP contribution in [-0.4, -0.2) is 77.3 Å². The first-order chi connectivity index (χ1) is 17.6. The van der Waals surface area contributed by atoms with E-state index in [2.05, 4.69) is 10.6 Å². The molecule has 2 rings (SSSR count). The largest absolute Gasteiger partial charge is 0.483 e. The summed E-state index contributed by atoms with van der Waals surface area (Å²) in [6.45, 7) is 13.5. The smallest absolute Gasteiger partial charge is 0.258 e. The number of benzene rings is 1. The van der Waals surface area contributed by atoms with Crippen molar-refractivity contribution in [2.45, 2.75) is 91.4 Å². The second-order valence-electron chi connectivity index (χ2n) is 11.6. The van der Waals surface area contributed by atoms with Crippen LogP contribution in [-0.2, 0) is 14.4 Å². The monoisotopic (exact) mass is 550 g/mol. The lowest BCUT2D eigenvalue weighted by Gasteiger charge is -2.33. The van der Waals surface area contributed by atoms with E-state index in [1.807, 2.05) is 48.5 Å². The highest BCUT2D eigenvalue weighted by molar-refractivity contribution is 6.31. The number of carbonyl (C=O) groups is 4. The van der Waals surface area contributed by atoms with E-state index in [0.717, 1.165) is 6.42 Å². The van der Waals surface area contributed by atoms with E-state index in [-0.39, 0.29) is 47.6 Å². The summed E-state index contributed by atoms with van der Waals surface area (Å²) in [6.07, 6.45) is 1.71. The van der Waals surface area contributed by atoms with E-state index in [9.17, 15) is 19.2 Å². The predicted octanol–water partition coefficient (Wildman–Crippen LogP) is 3.64. The highest BCUT2D eigenvalue weighted by atomic mass is 35.5. The van der Waals surface area contributed by atoms with Crippen LogP contribution < -0.4 is 15.4 Å². The molecule has 1 aromatic rings. The Hall–Kier alpha value is -2.81. The molecule has 4 amide bonds. The molecule has 0 saturated carbocycles. The first kappa shape index (κ1) is 31.4. The van der Waals surface area contributed by atoms with E-state index in [4.69, 9.17) is 16.3 Å². The van der Waals surface area contributed by atoms with E-state index in [1.165, 1.54) is 12.1 Å². The molecule has 10 heteroatoms. The lowest BCUT2D eigenvalue weighted by molar-refractivity contribution is -0.145. The fourth-order valence-electron chi connectivity index (χ4n) is 4.31. The van der Waals surface area contributed by atoms with E-state index >= 15 is 0 Å². The summed E-state index contributed by atoms with van der Waals surface area (Å²) >= 11 is 6.17. The predicted molar refractivity (Wildman–Crippen MR) is 148 cm³/mol. The molecule has 1 aromatic carbocycles. The minimum atomic E-state index is -0.837. The van der Waals surface area contributed by atoms with E-state index in [1.54, 1.807) is 22.9 Å². The van der Waals surface area contributed by atoms with Crippen LogP contribution in [0.4, 0.5) is 0 Å². The Bertz CT molecular complexity index is 1020. The van der Waals surface area contributed by atoms with Crippen LogP contribution in [0, 0.1) is 5.92 Å². The SMILES string of the molecule is CC(C)CC(NC(=O)c1cc(Cl)ccc1OCC(=O)NC(C)(C)C)C(=O)N1CCCC1C(=O)N(C)C(C)C. The molecule has 0 aromatic heterocycles. The van der Waals surface area contributed by atoms with Gasteiger partial charge in [0.2, 0.25) is 11.8 Å². The number of ether oxygens (including phenoxy) is 1. The van der Waals surface area contributed by atoms with Crippen molar-refractivity contribution in [1.82, 2.24) is 20.4 Å². The number of rotatable bonds is 10. The zero-order valence-corrected chi connectivity index (χ0v) is 24.6. The average molecular weight is 551 g/mol. The van der Waals surface area contributed by atoms with Gasteiger partial charge in [-0.15, -0.1) is 0 Å². The molecule has 0 aliphatic carbocycles. The Morgan fingerprint density at radius 1 is 1.16 bits per heavy atom. The maximum atomic E-state index is 13.7. The van der Waals surface area contributed by atoms with Gasteiger partial charge in [0.1, 0.15) is 17.8 Å². The molecule has 38 heavy (non-hydrogen) atoms. The fourth-order valence-corrected chi connectivity index (χ4v) is 4.48. The van der Waals surface area contributed by atoms with Gasteiger partial charge in [-0.05, 0) is 78.0 Å². The molecule has 9 nitrogen and oxygen atoms in total. The molecule has 2 unspecified atom stereocenters. The number of nitrogens with zero attached hydrogens (tertiary/aromatic N) is 2. The molecule has 0 spiro atoms. The summed E-state index contributed by atoms with van der Waals surface area (Å²) in [5.41, 5.74) is -0.305. The summed E-state index contributed by atoms with van der Waals surface area (Å²) in [5, 5.41) is 5.97. The Morgan fingerprint density at radius 3 is 2.39 bits per heavy atom. The molecule has 1 heterocycles. The average Bonchev–Trinajstić information content (AvgIpc) is 3.29. The minimum absolute atomic E-state index is 0.0120. The highest BCUT2D eigenvalue weighted by Crippen LogP contribution is 2.25. The van der Waals surface area contributed by atoms with Crippen molar-refractivity contribution >= 4 is 35.2 Å². The van der Waals surface area contributed by atoms with Gasteiger partial charge in [-0.2, -0.15) is 0 Å². The van der Waals surface area contributed by atoms with Crippen LogP contribution >= 0.6 is 11.6 Å². The van der Waals surface area contributed by atoms with Crippen LogP contribution in [0.3, 0.4) is 0 Å². The Morgan fingerprint density at radius 2 is 1.82 bits per heavy atom. The third-order valence-corrected chi connectivity index (χ3v) is 6.55. The third kappa shape index (κ3) is 8.89. The van der Waals surface area contributed by atoms with Crippen molar-refractivity contribution in [3.05, 3.63) is 28.8 Å². The summed E-state index contributed by atoms with van der Waals surface area (Å²) in [4.78, 5) is 55.7. The molecular formula is C28H43ClN4O5. The number of nitrogens with one attached hydrogen (secondary N) is 2. The van der Waals surface area contributed by atoms with Crippen molar-refractivity contribution in [2.75, 3.05) is 20.2 Å². The molecule has 1 fully saturated rings. The number of likely N-dealkylation sites (tertiary alicyclic amines) is 1. The molecule has 2 N–H and O–H groups in total. The molecule has 2 atom stereocenters.